The van der Waals surface area contributed by atoms with Gasteiger partial charge in [-0.25, -0.2) is 13.1 Å². The summed E-state index contributed by atoms with van der Waals surface area (Å²) in [6.45, 7) is 0.483. The monoisotopic (exact) mass is 307 g/mol. The first-order valence-corrected chi connectivity index (χ1v) is 9.14. The van der Waals surface area contributed by atoms with Gasteiger partial charge in [0.05, 0.1) is 0 Å². The fraction of sp³-hybridized carbons (Fsp3) is 0.333. The third-order valence-corrected chi connectivity index (χ3v) is 6.59. The average molecular weight is 307 g/mol. The summed E-state index contributed by atoms with van der Waals surface area (Å²) in [7, 11) is -3.35. The summed E-state index contributed by atoms with van der Waals surface area (Å²) >= 11 is 1.25. The largest absolute Gasteiger partial charge is 0.250 e. The predicted octanol–water partition coefficient (Wildman–Crippen LogP) is 3.15. The molecule has 1 aliphatic carbocycles. The number of aryl methyl sites for hydroxylation is 1. The van der Waals surface area contributed by atoms with E-state index in [4.69, 9.17) is 0 Å². The quantitative estimate of drug-likeness (QED) is 0.943. The van der Waals surface area contributed by atoms with Crippen molar-refractivity contribution in [2.45, 2.75) is 29.4 Å². The highest BCUT2D eigenvalue weighted by atomic mass is 32.2. The number of hydrogen-bond acceptors (Lipinski definition) is 3. The highest BCUT2D eigenvalue weighted by Gasteiger charge is 2.22. The van der Waals surface area contributed by atoms with E-state index in [0.29, 0.717) is 10.8 Å². The van der Waals surface area contributed by atoms with Crippen LogP contribution in [0.1, 0.15) is 29.9 Å². The van der Waals surface area contributed by atoms with Crippen molar-refractivity contribution in [1.29, 1.82) is 0 Å². The maximum absolute atomic E-state index is 12.1. The van der Waals surface area contributed by atoms with Crippen LogP contribution >= 0.6 is 11.3 Å². The molecule has 0 spiro atoms. The molecule has 0 saturated carbocycles. The standard InChI is InChI=1S/C15H17NO2S2/c17-20(18,15-9-4-10-19-15)16-11-13-7-3-6-12-5-1-2-8-14(12)13/h1-2,4-5,8-10,13,16H,3,6-7,11H2. The molecular formula is C15H17NO2S2. The summed E-state index contributed by atoms with van der Waals surface area (Å²) in [5, 5.41) is 1.78. The number of rotatable bonds is 4. The SMILES string of the molecule is O=S(=O)(NCC1CCCc2ccccc21)c1cccs1. The van der Waals surface area contributed by atoms with Gasteiger partial charge in [-0.15, -0.1) is 11.3 Å². The molecule has 0 saturated heterocycles. The molecule has 1 N–H and O–H groups in total. The molecule has 2 aromatic rings. The topological polar surface area (TPSA) is 46.2 Å². The second-order valence-electron chi connectivity index (χ2n) is 5.07. The minimum absolute atomic E-state index is 0.287. The van der Waals surface area contributed by atoms with Crippen LogP contribution in [0.25, 0.3) is 0 Å². The Morgan fingerprint density at radius 3 is 2.85 bits per heavy atom. The highest BCUT2D eigenvalue weighted by Crippen LogP contribution is 2.31. The van der Waals surface area contributed by atoms with Gasteiger partial charge in [0, 0.05) is 6.54 Å². The van der Waals surface area contributed by atoms with Gasteiger partial charge in [-0.05, 0) is 47.8 Å². The Hall–Kier alpha value is -1.17. The van der Waals surface area contributed by atoms with E-state index in [1.54, 1.807) is 17.5 Å². The maximum Gasteiger partial charge on any atom is 0.250 e. The van der Waals surface area contributed by atoms with Crippen LogP contribution in [0, 0.1) is 0 Å². The third kappa shape index (κ3) is 2.80. The van der Waals surface area contributed by atoms with Gasteiger partial charge in [0.1, 0.15) is 4.21 Å². The van der Waals surface area contributed by atoms with E-state index < -0.39 is 10.0 Å². The molecule has 0 radical (unpaired) electrons. The summed E-state index contributed by atoms with van der Waals surface area (Å²) in [4.78, 5) is 0. The van der Waals surface area contributed by atoms with Crippen molar-refractivity contribution in [2.24, 2.45) is 0 Å². The number of nitrogens with one attached hydrogen (secondary N) is 1. The number of sulfonamides is 1. The Morgan fingerprint density at radius 2 is 2.05 bits per heavy atom. The molecule has 1 unspecified atom stereocenters. The van der Waals surface area contributed by atoms with Crippen LogP contribution in [0.4, 0.5) is 0 Å². The molecule has 1 atom stereocenters. The van der Waals surface area contributed by atoms with Crippen molar-refractivity contribution in [3.63, 3.8) is 0 Å². The van der Waals surface area contributed by atoms with Gasteiger partial charge in [-0.3, -0.25) is 0 Å². The Labute approximate surface area is 123 Å². The molecule has 0 fully saturated rings. The van der Waals surface area contributed by atoms with Crippen LogP contribution in [0.2, 0.25) is 0 Å². The summed E-state index contributed by atoms with van der Waals surface area (Å²) in [5.74, 6) is 0.287. The predicted molar refractivity (Wildman–Crippen MR) is 81.6 cm³/mol. The number of benzene rings is 1. The summed E-state index contributed by atoms with van der Waals surface area (Å²) in [5.41, 5.74) is 2.66. The first kappa shape index (κ1) is 13.8. The minimum Gasteiger partial charge on any atom is -0.210 e. The second kappa shape index (κ2) is 5.68. The van der Waals surface area contributed by atoms with Crippen LogP contribution in [0.3, 0.4) is 0 Å². The molecule has 1 aromatic carbocycles. The molecule has 106 valence electrons. The van der Waals surface area contributed by atoms with Gasteiger partial charge in [-0.2, -0.15) is 0 Å². The van der Waals surface area contributed by atoms with Crippen LogP contribution < -0.4 is 4.72 Å². The van der Waals surface area contributed by atoms with Gasteiger partial charge in [0.15, 0.2) is 0 Å². The minimum atomic E-state index is -3.35. The van der Waals surface area contributed by atoms with Crippen molar-refractivity contribution < 1.29 is 8.42 Å². The van der Waals surface area contributed by atoms with Crippen LogP contribution in [-0.4, -0.2) is 15.0 Å². The van der Waals surface area contributed by atoms with E-state index in [9.17, 15) is 8.42 Å². The number of thiophene rings is 1. The molecule has 0 bridgehead atoms. The Kier molecular flexibility index (Phi) is 3.92. The lowest BCUT2D eigenvalue weighted by Crippen LogP contribution is -2.29. The van der Waals surface area contributed by atoms with E-state index in [2.05, 4.69) is 22.9 Å². The van der Waals surface area contributed by atoms with Crippen molar-refractivity contribution in [2.75, 3.05) is 6.54 Å². The van der Waals surface area contributed by atoms with E-state index in [1.165, 1.54) is 22.5 Å². The van der Waals surface area contributed by atoms with Gasteiger partial charge in [0.25, 0.3) is 0 Å². The number of hydrogen-bond donors (Lipinski definition) is 1. The van der Waals surface area contributed by atoms with Gasteiger partial charge in [-0.1, -0.05) is 30.3 Å². The highest BCUT2D eigenvalue weighted by molar-refractivity contribution is 7.91. The molecule has 1 aliphatic rings. The molecular weight excluding hydrogens is 290 g/mol. The molecule has 20 heavy (non-hydrogen) atoms. The second-order valence-corrected chi connectivity index (χ2v) is 8.01. The first-order chi connectivity index (χ1) is 9.67. The lowest BCUT2D eigenvalue weighted by atomic mass is 9.83. The average Bonchev–Trinajstić information content (AvgIpc) is 3.00. The van der Waals surface area contributed by atoms with E-state index in [0.717, 1.165) is 19.3 Å². The molecule has 5 heteroatoms. The summed E-state index contributed by atoms with van der Waals surface area (Å²) in [6.07, 6.45) is 3.27. The van der Waals surface area contributed by atoms with Gasteiger partial charge in [0.2, 0.25) is 10.0 Å². The van der Waals surface area contributed by atoms with E-state index in [-0.39, 0.29) is 5.92 Å². The normalized spacial score (nSPS) is 18.7. The fourth-order valence-electron chi connectivity index (χ4n) is 2.76. The lowest BCUT2D eigenvalue weighted by molar-refractivity contribution is 0.529. The fourth-order valence-corrected chi connectivity index (χ4v) is 4.88. The molecule has 3 nitrogen and oxygen atoms in total. The first-order valence-electron chi connectivity index (χ1n) is 6.78. The smallest absolute Gasteiger partial charge is 0.210 e. The van der Waals surface area contributed by atoms with Crippen molar-refractivity contribution >= 4 is 21.4 Å². The molecule has 1 aromatic heterocycles. The summed E-state index contributed by atoms with van der Waals surface area (Å²) < 4.78 is 27.4. The van der Waals surface area contributed by atoms with Gasteiger partial charge >= 0.3 is 0 Å². The Bertz CT molecular complexity index is 678. The molecule has 1 heterocycles. The Balaban J connectivity index is 1.74. The van der Waals surface area contributed by atoms with Crippen LogP contribution in [-0.2, 0) is 16.4 Å². The third-order valence-electron chi connectivity index (χ3n) is 3.77. The molecule has 3 rings (SSSR count). The maximum atomic E-state index is 12.1. The van der Waals surface area contributed by atoms with Crippen molar-refractivity contribution in [3.05, 3.63) is 52.9 Å². The lowest BCUT2D eigenvalue weighted by Gasteiger charge is -2.25. The zero-order valence-corrected chi connectivity index (χ0v) is 12.7. The van der Waals surface area contributed by atoms with Crippen molar-refractivity contribution in [3.8, 4) is 0 Å². The zero-order chi connectivity index (χ0) is 14.0. The Morgan fingerprint density at radius 1 is 1.20 bits per heavy atom. The van der Waals surface area contributed by atoms with Gasteiger partial charge < -0.3 is 0 Å². The van der Waals surface area contributed by atoms with Crippen LogP contribution in [0.15, 0.2) is 46.0 Å². The summed E-state index contributed by atoms with van der Waals surface area (Å²) in [6, 6.07) is 11.8. The molecule has 0 aliphatic heterocycles. The molecule has 0 amide bonds. The van der Waals surface area contributed by atoms with Crippen LogP contribution in [0.5, 0.6) is 0 Å². The van der Waals surface area contributed by atoms with E-state index >= 15 is 0 Å². The van der Waals surface area contributed by atoms with E-state index in [1.807, 2.05) is 6.07 Å². The van der Waals surface area contributed by atoms with Crippen molar-refractivity contribution in [1.82, 2.24) is 4.72 Å². The zero-order valence-electron chi connectivity index (χ0n) is 11.1. The number of fused-ring (bicyclic) bond motifs is 1.